The summed E-state index contributed by atoms with van der Waals surface area (Å²) < 4.78 is 5.82. The van der Waals surface area contributed by atoms with E-state index in [9.17, 15) is 9.59 Å². The van der Waals surface area contributed by atoms with Crippen LogP contribution in [0.25, 0.3) is 0 Å². The van der Waals surface area contributed by atoms with Crippen LogP contribution in [0.2, 0.25) is 0 Å². The third-order valence-corrected chi connectivity index (χ3v) is 8.36. The highest BCUT2D eigenvalue weighted by Gasteiger charge is 2.72. The third-order valence-electron chi connectivity index (χ3n) is 8.36. The van der Waals surface area contributed by atoms with Gasteiger partial charge >= 0.3 is 6.03 Å². The molecule has 2 unspecified atom stereocenters. The molecular weight excluding hydrogens is 316 g/mol. The molecule has 138 valence electrons. The van der Waals surface area contributed by atoms with Crippen molar-refractivity contribution >= 4 is 11.9 Å². The van der Waals surface area contributed by atoms with Crippen molar-refractivity contribution in [3.63, 3.8) is 0 Å². The summed E-state index contributed by atoms with van der Waals surface area (Å²) in [6, 6.07) is -0.00730. The number of urea groups is 1. The lowest BCUT2D eigenvalue weighted by atomic mass is 9.52. The first kappa shape index (κ1) is 16.1. The van der Waals surface area contributed by atoms with Gasteiger partial charge in [0.2, 0.25) is 0 Å². The zero-order valence-electron chi connectivity index (χ0n) is 15.6. The van der Waals surface area contributed by atoms with Gasteiger partial charge in [0.05, 0.1) is 6.10 Å². The van der Waals surface area contributed by atoms with Crippen LogP contribution in [0.15, 0.2) is 0 Å². The largest absolute Gasteiger partial charge is 0.378 e. The van der Waals surface area contributed by atoms with Crippen LogP contribution in [0.5, 0.6) is 0 Å². The predicted octanol–water partition coefficient (Wildman–Crippen LogP) is 2.94. The van der Waals surface area contributed by atoms with Gasteiger partial charge in [-0.1, -0.05) is 13.8 Å². The zero-order valence-corrected chi connectivity index (χ0v) is 15.6. The van der Waals surface area contributed by atoms with E-state index in [-0.39, 0.29) is 29.5 Å². The van der Waals surface area contributed by atoms with Crippen molar-refractivity contribution in [1.29, 1.82) is 0 Å². The summed E-state index contributed by atoms with van der Waals surface area (Å²) in [5, 5.41) is 3.11. The number of ether oxygens (including phenoxy) is 1. The van der Waals surface area contributed by atoms with Gasteiger partial charge in [-0.05, 0) is 62.7 Å². The molecule has 2 atom stereocenters. The fourth-order valence-electron chi connectivity index (χ4n) is 7.17. The number of hydrogen-bond acceptors (Lipinski definition) is 3. The molecule has 1 spiro atoms. The van der Waals surface area contributed by atoms with Gasteiger partial charge in [-0.3, -0.25) is 9.69 Å². The normalized spacial score (nSPS) is 49.6. The van der Waals surface area contributed by atoms with E-state index < -0.39 is 5.54 Å². The number of hydrogen-bond donors (Lipinski definition) is 1. The molecule has 5 nitrogen and oxygen atoms in total. The van der Waals surface area contributed by atoms with Crippen LogP contribution >= 0.6 is 0 Å². The Morgan fingerprint density at radius 1 is 1.08 bits per heavy atom. The molecule has 6 fully saturated rings. The average Bonchev–Trinajstić information content (AvgIpc) is 2.81. The SMILES string of the molecule is CCOC1CC2(NC(=O)N(C3C4CC5CC(C4)CC3C5)C2=O)C1(C)C. The Bertz CT molecular complexity index is 602. The van der Waals surface area contributed by atoms with E-state index >= 15 is 0 Å². The first-order valence-electron chi connectivity index (χ1n) is 10.1. The highest BCUT2D eigenvalue weighted by atomic mass is 16.5. The number of imide groups is 1. The van der Waals surface area contributed by atoms with Crippen LogP contribution in [0, 0.1) is 29.1 Å². The van der Waals surface area contributed by atoms with E-state index in [1.807, 2.05) is 6.92 Å². The summed E-state index contributed by atoms with van der Waals surface area (Å²) in [7, 11) is 0. The van der Waals surface area contributed by atoms with Crippen LogP contribution in [0.4, 0.5) is 4.79 Å². The Labute approximate surface area is 149 Å². The minimum Gasteiger partial charge on any atom is -0.378 e. The lowest BCUT2D eigenvalue weighted by Crippen LogP contribution is -2.73. The molecule has 5 saturated carbocycles. The van der Waals surface area contributed by atoms with Crippen molar-refractivity contribution < 1.29 is 14.3 Å². The van der Waals surface area contributed by atoms with Crippen molar-refractivity contribution in [2.75, 3.05) is 6.61 Å². The first-order chi connectivity index (χ1) is 11.9. The third kappa shape index (κ3) is 1.88. The topological polar surface area (TPSA) is 58.6 Å². The number of nitrogens with one attached hydrogen (secondary N) is 1. The highest BCUT2D eigenvalue weighted by molar-refractivity contribution is 6.09. The molecule has 0 aromatic rings. The fourth-order valence-corrected chi connectivity index (χ4v) is 7.17. The van der Waals surface area contributed by atoms with Crippen molar-refractivity contribution in [2.45, 2.75) is 77.0 Å². The van der Waals surface area contributed by atoms with E-state index in [1.165, 1.54) is 32.1 Å². The molecule has 6 rings (SSSR count). The Morgan fingerprint density at radius 3 is 2.20 bits per heavy atom. The average molecular weight is 346 g/mol. The summed E-state index contributed by atoms with van der Waals surface area (Å²) >= 11 is 0. The van der Waals surface area contributed by atoms with Gasteiger partial charge in [0, 0.05) is 24.5 Å². The molecule has 1 saturated heterocycles. The minimum atomic E-state index is -0.751. The molecule has 1 heterocycles. The van der Waals surface area contributed by atoms with E-state index in [2.05, 4.69) is 19.2 Å². The van der Waals surface area contributed by atoms with E-state index in [0.29, 0.717) is 24.9 Å². The van der Waals surface area contributed by atoms with Crippen LogP contribution in [0.1, 0.15) is 59.3 Å². The highest BCUT2D eigenvalue weighted by Crippen LogP contribution is 2.58. The summed E-state index contributed by atoms with van der Waals surface area (Å²) in [6.07, 6.45) is 6.90. The molecule has 5 aliphatic carbocycles. The van der Waals surface area contributed by atoms with Gasteiger partial charge in [0.1, 0.15) is 5.54 Å². The zero-order chi connectivity index (χ0) is 17.6. The van der Waals surface area contributed by atoms with E-state index in [0.717, 1.165) is 11.8 Å². The summed E-state index contributed by atoms with van der Waals surface area (Å²) in [5.74, 6) is 2.78. The lowest BCUT2D eigenvalue weighted by molar-refractivity contribution is -0.178. The molecule has 3 amide bonds. The summed E-state index contributed by atoms with van der Waals surface area (Å²) in [5.41, 5.74) is -1.10. The second-order valence-corrected chi connectivity index (χ2v) is 9.80. The molecule has 1 N–H and O–H groups in total. The van der Waals surface area contributed by atoms with E-state index in [4.69, 9.17) is 4.74 Å². The Hall–Kier alpha value is -1.10. The number of carbonyl (C=O) groups excluding carboxylic acids is 2. The standard InChI is InChI=1S/C20H30N2O3/c1-4-25-15-10-20(19(15,2)3)17(23)22(18(24)21-20)16-13-6-11-5-12(8-13)9-14(16)7-11/h11-16H,4-10H2,1-3H3,(H,21,24). The Balaban J connectivity index is 1.43. The number of carbonyl (C=O) groups is 2. The smallest absolute Gasteiger partial charge is 0.325 e. The van der Waals surface area contributed by atoms with Crippen LogP contribution in [-0.2, 0) is 9.53 Å². The van der Waals surface area contributed by atoms with Crippen molar-refractivity contribution in [3.8, 4) is 0 Å². The van der Waals surface area contributed by atoms with Crippen LogP contribution in [-0.4, -0.2) is 41.1 Å². The molecule has 25 heavy (non-hydrogen) atoms. The van der Waals surface area contributed by atoms with Gasteiger partial charge in [-0.2, -0.15) is 0 Å². The molecule has 5 heteroatoms. The summed E-state index contributed by atoms with van der Waals surface area (Å²) in [4.78, 5) is 28.1. The fraction of sp³-hybridized carbons (Fsp3) is 0.900. The first-order valence-corrected chi connectivity index (χ1v) is 10.1. The maximum absolute atomic E-state index is 13.5. The van der Waals surface area contributed by atoms with E-state index in [1.54, 1.807) is 4.90 Å². The van der Waals surface area contributed by atoms with Gasteiger partial charge < -0.3 is 10.1 Å². The van der Waals surface area contributed by atoms with Crippen molar-refractivity contribution in [1.82, 2.24) is 10.2 Å². The predicted molar refractivity (Wildman–Crippen MR) is 92.8 cm³/mol. The molecular formula is C20H30N2O3. The van der Waals surface area contributed by atoms with Gasteiger partial charge in [-0.25, -0.2) is 4.79 Å². The Morgan fingerprint density at radius 2 is 1.68 bits per heavy atom. The second-order valence-electron chi connectivity index (χ2n) is 9.80. The molecule has 1 aliphatic heterocycles. The Kier molecular flexibility index (Phi) is 3.22. The molecule has 0 aromatic heterocycles. The van der Waals surface area contributed by atoms with Gasteiger partial charge in [0.15, 0.2) is 0 Å². The van der Waals surface area contributed by atoms with Crippen LogP contribution in [0.3, 0.4) is 0 Å². The molecule has 6 aliphatic rings. The van der Waals surface area contributed by atoms with Crippen molar-refractivity contribution in [3.05, 3.63) is 0 Å². The van der Waals surface area contributed by atoms with Crippen LogP contribution < -0.4 is 5.32 Å². The molecule has 0 aromatic carbocycles. The maximum atomic E-state index is 13.5. The maximum Gasteiger partial charge on any atom is 0.325 e. The minimum absolute atomic E-state index is 0.0240. The van der Waals surface area contributed by atoms with Gasteiger partial charge in [0.25, 0.3) is 5.91 Å². The number of rotatable bonds is 3. The number of nitrogens with zero attached hydrogens (tertiary/aromatic N) is 1. The second kappa shape index (κ2) is 4.99. The molecule has 0 radical (unpaired) electrons. The quantitative estimate of drug-likeness (QED) is 0.799. The van der Waals surface area contributed by atoms with Gasteiger partial charge in [-0.15, -0.1) is 0 Å². The molecule has 4 bridgehead atoms. The van der Waals surface area contributed by atoms with Crippen molar-refractivity contribution in [2.24, 2.45) is 29.1 Å². The lowest BCUT2D eigenvalue weighted by Gasteiger charge is -2.58. The number of amides is 3. The summed E-state index contributed by atoms with van der Waals surface area (Å²) in [6.45, 7) is 6.76. The monoisotopic (exact) mass is 346 g/mol.